The Morgan fingerprint density at radius 2 is 1.53 bits per heavy atom. The lowest BCUT2D eigenvalue weighted by atomic mass is 10.1. The van der Waals surface area contributed by atoms with Gasteiger partial charge in [0, 0.05) is 12.6 Å². The topological polar surface area (TPSA) is 50.4 Å². The molecule has 0 spiro atoms. The van der Waals surface area contributed by atoms with Crippen LogP contribution in [0, 0.1) is 0 Å². The van der Waals surface area contributed by atoms with Crippen molar-refractivity contribution < 1.29 is 0 Å². The van der Waals surface area contributed by atoms with Gasteiger partial charge in [0.15, 0.2) is 5.96 Å². The SMILES string of the molecule is CCCCCCCCCCN=C(N)NC(C)C. The van der Waals surface area contributed by atoms with Crippen molar-refractivity contribution in [3.63, 3.8) is 0 Å². The molecule has 0 amide bonds. The number of nitrogens with zero attached hydrogens (tertiary/aromatic N) is 1. The molecule has 0 rings (SSSR count). The zero-order valence-corrected chi connectivity index (χ0v) is 12.0. The lowest BCUT2D eigenvalue weighted by molar-refractivity contribution is 0.578. The molecule has 0 saturated heterocycles. The first kappa shape index (κ1) is 16.3. The molecule has 0 radical (unpaired) electrons. The molecule has 0 aromatic carbocycles. The number of guanidine groups is 1. The molecular formula is C14H31N3. The third kappa shape index (κ3) is 13.2. The van der Waals surface area contributed by atoms with Crippen LogP contribution in [-0.2, 0) is 0 Å². The van der Waals surface area contributed by atoms with Gasteiger partial charge in [0.2, 0.25) is 0 Å². The van der Waals surface area contributed by atoms with Gasteiger partial charge < -0.3 is 11.1 Å². The Morgan fingerprint density at radius 3 is 2.06 bits per heavy atom. The number of hydrogen-bond acceptors (Lipinski definition) is 1. The Balaban J connectivity index is 3.22. The van der Waals surface area contributed by atoms with Crippen LogP contribution in [0.3, 0.4) is 0 Å². The lowest BCUT2D eigenvalue weighted by Crippen LogP contribution is -2.36. The van der Waals surface area contributed by atoms with Gasteiger partial charge in [-0.2, -0.15) is 0 Å². The molecule has 0 atom stereocenters. The van der Waals surface area contributed by atoms with Crippen LogP contribution in [0.15, 0.2) is 4.99 Å². The first-order valence-electron chi connectivity index (χ1n) is 7.23. The summed E-state index contributed by atoms with van der Waals surface area (Å²) in [5, 5.41) is 3.10. The third-order valence-corrected chi connectivity index (χ3v) is 2.73. The summed E-state index contributed by atoms with van der Waals surface area (Å²) < 4.78 is 0. The first-order valence-corrected chi connectivity index (χ1v) is 7.23. The van der Waals surface area contributed by atoms with Crippen LogP contribution in [0.2, 0.25) is 0 Å². The molecule has 0 aliphatic heterocycles. The zero-order chi connectivity index (χ0) is 12.9. The van der Waals surface area contributed by atoms with Crippen LogP contribution in [0.1, 0.15) is 72.1 Å². The van der Waals surface area contributed by atoms with E-state index in [-0.39, 0.29) is 0 Å². The molecular weight excluding hydrogens is 210 g/mol. The Hall–Kier alpha value is -0.730. The molecule has 0 bridgehead atoms. The van der Waals surface area contributed by atoms with Crippen molar-refractivity contribution >= 4 is 5.96 Å². The van der Waals surface area contributed by atoms with E-state index in [4.69, 9.17) is 5.73 Å². The maximum Gasteiger partial charge on any atom is 0.188 e. The molecule has 0 aromatic rings. The number of rotatable bonds is 10. The summed E-state index contributed by atoms with van der Waals surface area (Å²) in [5.74, 6) is 0.586. The van der Waals surface area contributed by atoms with Gasteiger partial charge in [-0.1, -0.05) is 51.9 Å². The highest BCUT2D eigenvalue weighted by Crippen LogP contribution is 2.08. The molecule has 0 saturated carbocycles. The number of aliphatic imine (C=N–C) groups is 1. The van der Waals surface area contributed by atoms with E-state index in [1.54, 1.807) is 0 Å². The van der Waals surface area contributed by atoms with Gasteiger partial charge in [0.25, 0.3) is 0 Å². The molecule has 0 heterocycles. The van der Waals surface area contributed by atoms with Crippen molar-refractivity contribution in [3.05, 3.63) is 0 Å². The number of hydrogen-bond donors (Lipinski definition) is 2. The molecule has 0 aromatic heterocycles. The Kier molecular flexibility index (Phi) is 11.2. The Labute approximate surface area is 107 Å². The van der Waals surface area contributed by atoms with E-state index < -0.39 is 0 Å². The molecule has 0 aliphatic rings. The second-order valence-electron chi connectivity index (χ2n) is 5.04. The summed E-state index contributed by atoms with van der Waals surface area (Å²) in [4.78, 5) is 4.29. The van der Waals surface area contributed by atoms with Gasteiger partial charge in [-0.3, -0.25) is 4.99 Å². The average molecular weight is 241 g/mol. The maximum absolute atomic E-state index is 5.71. The summed E-state index contributed by atoms with van der Waals surface area (Å²) in [5.41, 5.74) is 5.71. The summed E-state index contributed by atoms with van der Waals surface area (Å²) in [6.45, 7) is 7.26. The molecule has 3 nitrogen and oxygen atoms in total. The molecule has 0 fully saturated rings. The van der Waals surface area contributed by atoms with Gasteiger partial charge in [0.1, 0.15) is 0 Å². The molecule has 3 heteroatoms. The fraction of sp³-hybridized carbons (Fsp3) is 0.929. The number of nitrogens with one attached hydrogen (secondary N) is 1. The van der Waals surface area contributed by atoms with Gasteiger partial charge in [-0.05, 0) is 20.3 Å². The van der Waals surface area contributed by atoms with Gasteiger partial charge in [-0.25, -0.2) is 0 Å². The summed E-state index contributed by atoms with van der Waals surface area (Å²) in [7, 11) is 0. The second-order valence-corrected chi connectivity index (χ2v) is 5.04. The Bertz CT molecular complexity index is 188. The zero-order valence-electron chi connectivity index (χ0n) is 12.0. The third-order valence-electron chi connectivity index (χ3n) is 2.73. The molecule has 3 N–H and O–H groups in total. The van der Waals surface area contributed by atoms with Crippen molar-refractivity contribution in [1.29, 1.82) is 0 Å². The van der Waals surface area contributed by atoms with Crippen molar-refractivity contribution in [2.45, 2.75) is 78.2 Å². The normalized spacial score (nSPS) is 12.1. The van der Waals surface area contributed by atoms with Crippen LogP contribution >= 0.6 is 0 Å². The van der Waals surface area contributed by atoms with E-state index in [9.17, 15) is 0 Å². The minimum absolute atomic E-state index is 0.373. The van der Waals surface area contributed by atoms with E-state index in [1.807, 2.05) is 0 Å². The summed E-state index contributed by atoms with van der Waals surface area (Å²) >= 11 is 0. The highest BCUT2D eigenvalue weighted by atomic mass is 15.1. The summed E-state index contributed by atoms with van der Waals surface area (Å²) in [6, 6.07) is 0.373. The Morgan fingerprint density at radius 1 is 1.00 bits per heavy atom. The predicted octanol–water partition coefficient (Wildman–Crippen LogP) is 3.44. The first-order chi connectivity index (χ1) is 8.16. The van der Waals surface area contributed by atoms with Crippen molar-refractivity contribution in [3.8, 4) is 0 Å². The van der Waals surface area contributed by atoms with E-state index in [0.29, 0.717) is 12.0 Å². The number of unbranched alkanes of at least 4 members (excludes halogenated alkanes) is 7. The minimum Gasteiger partial charge on any atom is -0.370 e. The quantitative estimate of drug-likeness (QED) is 0.350. The van der Waals surface area contributed by atoms with Crippen molar-refractivity contribution in [2.24, 2.45) is 10.7 Å². The van der Waals surface area contributed by atoms with Gasteiger partial charge in [-0.15, -0.1) is 0 Å². The predicted molar refractivity (Wildman–Crippen MR) is 77.4 cm³/mol. The number of nitrogens with two attached hydrogens (primary N) is 1. The lowest BCUT2D eigenvalue weighted by Gasteiger charge is -2.08. The van der Waals surface area contributed by atoms with E-state index >= 15 is 0 Å². The largest absolute Gasteiger partial charge is 0.370 e. The van der Waals surface area contributed by atoms with Crippen LogP contribution in [0.25, 0.3) is 0 Å². The van der Waals surface area contributed by atoms with Gasteiger partial charge in [0.05, 0.1) is 0 Å². The van der Waals surface area contributed by atoms with E-state index in [1.165, 1.54) is 44.9 Å². The van der Waals surface area contributed by atoms with E-state index in [0.717, 1.165) is 13.0 Å². The van der Waals surface area contributed by atoms with Gasteiger partial charge >= 0.3 is 0 Å². The molecule has 17 heavy (non-hydrogen) atoms. The fourth-order valence-corrected chi connectivity index (χ4v) is 1.79. The second kappa shape index (κ2) is 11.7. The van der Waals surface area contributed by atoms with Crippen molar-refractivity contribution in [2.75, 3.05) is 6.54 Å². The molecule has 102 valence electrons. The standard InChI is InChI=1S/C14H31N3/c1-4-5-6-7-8-9-10-11-12-16-14(15)17-13(2)3/h13H,4-12H2,1-3H3,(H3,15,16,17). The molecule has 0 aliphatic carbocycles. The maximum atomic E-state index is 5.71. The monoisotopic (exact) mass is 241 g/mol. The van der Waals surface area contributed by atoms with Crippen LogP contribution < -0.4 is 11.1 Å². The van der Waals surface area contributed by atoms with Crippen LogP contribution in [0.5, 0.6) is 0 Å². The smallest absolute Gasteiger partial charge is 0.188 e. The summed E-state index contributed by atoms with van der Waals surface area (Å²) in [6.07, 6.45) is 10.7. The highest BCUT2D eigenvalue weighted by Gasteiger charge is 1.94. The minimum atomic E-state index is 0.373. The molecule has 0 unspecified atom stereocenters. The van der Waals surface area contributed by atoms with Crippen LogP contribution in [-0.4, -0.2) is 18.5 Å². The van der Waals surface area contributed by atoms with Crippen LogP contribution in [0.4, 0.5) is 0 Å². The van der Waals surface area contributed by atoms with E-state index in [2.05, 4.69) is 31.1 Å². The average Bonchev–Trinajstić information content (AvgIpc) is 2.26. The fourth-order valence-electron chi connectivity index (χ4n) is 1.79. The van der Waals surface area contributed by atoms with Crippen molar-refractivity contribution in [1.82, 2.24) is 5.32 Å². The highest BCUT2D eigenvalue weighted by molar-refractivity contribution is 5.77.